The molecule has 1 rings (SSSR count). The number of hydrogen-bond donors (Lipinski definition) is 0. The third kappa shape index (κ3) is 2.05. The predicted octanol–water partition coefficient (Wildman–Crippen LogP) is 0.0284. The monoisotopic (exact) mass is 217 g/mol. The van der Waals surface area contributed by atoms with E-state index in [0.717, 1.165) is 0 Å². The van der Waals surface area contributed by atoms with Gasteiger partial charge in [-0.3, -0.25) is 0 Å². The molecule has 0 saturated carbocycles. The molecule has 0 aromatic heterocycles. The van der Waals surface area contributed by atoms with Crippen molar-refractivity contribution >= 4 is 10.2 Å². The van der Waals surface area contributed by atoms with E-state index < -0.39 is 10.2 Å². The van der Waals surface area contributed by atoms with Gasteiger partial charge >= 0.3 is 0 Å². The fourth-order valence-electron chi connectivity index (χ4n) is 1.47. The number of nitriles is 1. The molecule has 0 spiro atoms. The van der Waals surface area contributed by atoms with Crippen LogP contribution in [0.15, 0.2) is 0 Å². The van der Waals surface area contributed by atoms with Crippen molar-refractivity contribution in [2.45, 2.75) is 13.8 Å². The Balaban J connectivity index is 2.71. The highest BCUT2D eigenvalue weighted by Gasteiger charge is 2.35. The zero-order valence-electron chi connectivity index (χ0n) is 8.47. The summed E-state index contributed by atoms with van der Waals surface area (Å²) in [6.45, 7) is 5.38. The lowest BCUT2D eigenvalue weighted by Gasteiger charge is -2.17. The summed E-state index contributed by atoms with van der Waals surface area (Å²) >= 11 is 0. The SMILES string of the molecule is CCN1CCN(CC(C)C#N)S1(=O)=O. The minimum Gasteiger partial charge on any atom is -0.198 e. The van der Waals surface area contributed by atoms with Gasteiger partial charge in [0.2, 0.25) is 0 Å². The first-order chi connectivity index (χ1) is 6.52. The molecule has 1 unspecified atom stereocenters. The van der Waals surface area contributed by atoms with Crippen molar-refractivity contribution in [3.05, 3.63) is 0 Å². The maximum absolute atomic E-state index is 11.7. The predicted molar refractivity (Wildman–Crippen MR) is 52.5 cm³/mol. The number of hydrogen-bond acceptors (Lipinski definition) is 3. The van der Waals surface area contributed by atoms with Gasteiger partial charge in [0.25, 0.3) is 10.2 Å². The van der Waals surface area contributed by atoms with Crippen LogP contribution in [-0.4, -0.2) is 43.2 Å². The summed E-state index contributed by atoms with van der Waals surface area (Å²) in [5.41, 5.74) is 0. The average molecular weight is 217 g/mol. The molecule has 1 saturated heterocycles. The Bertz CT molecular complexity index is 333. The summed E-state index contributed by atoms with van der Waals surface area (Å²) in [4.78, 5) is 0. The van der Waals surface area contributed by atoms with Crippen LogP contribution < -0.4 is 0 Å². The van der Waals surface area contributed by atoms with E-state index >= 15 is 0 Å². The smallest absolute Gasteiger partial charge is 0.198 e. The highest BCUT2D eigenvalue weighted by atomic mass is 32.2. The summed E-state index contributed by atoms with van der Waals surface area (Å²) in [6.07, 6.45) is 0. The third-order valence-corrected chi connectivity index (χ3v) is 4.38. The molecule has 6 heteroatoms. The van der Waals surface area contributed by atoms with Crippen LogP contribution in [-0.2, 0) is 10.2 Å². The van der Waals surface area contributed by atoms with Crippen LogP contribution in [0.2, 0.25) is 0 Å². The van der Waals surface area contributed by atoms with Crippen LogP contribution in [0.1, 0.15) is 13.8 Å². The second-order valence-corrected chi connectivity index (χ2v) is 5.32. The van der Waals surface area contributed by atoms with Crippen LogP contribution in [0.4, 0.5) is 0 Å². The van der Waals surface area contributed by atoms with E-state index in [2.05, 4.69) is 0 Å². The lowest BCUT2D eigenvalue weighted by Crippen LogP contribution is -2.35. The molecule has 0 aromatic carbocycles. The maximum atomic E-state index is 11.7. The standard InChI is InChI=1S/C8H15N3O2S/c1-3-10-4-5-11(14(10,12)13)7-8(2)6-9/h8H,3-5,7H2,1-2H3. The van der Waals surface area contributed by atoms with E-state index in [9.17, 15) is 8.42 Å². The second kappa shape index (κ2) is 4.26. The Kier molecular flexibility index (Phi) is 3.48. The lowest BCUT2D eigenvalue weighted by molar-refractivity contribution is 0.418. The quantitative estimate of drug-likeness (QED) is 0.670. The molecule has 0 bridgehead atoms. The van der Waals surface area contributed by atoms with E-state index in [0.29, 0.717) is 26.2 Å². The fourth-order valence-corrected chi connectivity index (χ4v) is 3.16. The largest absolute Gasteiger partial charge is 0.282 e. The van der Waals surface area contributed by atoms with Crippen molar-refractivity contribution in [3.63, 3.8) is 0 Å². The van der Waals surface area contributed by atoms with E-state index in [1.807, 2.05) is 13.0 Å². The lowest BCUT2D eigenvalue weighted by atomic mass is 10.2. The van der Waals surface area contributed by atoms with Crippen molar-refractivity contribution < 1.29 is 8.42 Å². The van der Waals surface area contributed by atoms with Crippen molar-refractivity contribution in [1.29, 1.82) is 5.26 Å². The van der Waals surface area contributed by atoms with Crippen LogP contribution in [0.3, 0.4) is 0 Å². The Hall–Kier alpha value is -0.640. The van der Waals surface area contributed by atoms with Crippen LogP contribution in [0.25, 0.3) is 0 Å². The highest BCUT2D eigenvalue weighted by molar-refractivity contribution is 7.87. The highest BCUT2D eigenvalue weighted by Crippen LogP contribution is 2.16. The average Bonchev–Trinajstić information content (AvgIpc) is 2.42. The molecule has 1 aliphatic rings. The van der Waals surface area contributed by atoms with Crippen molar-refractivity contribution in [2.75, 3.05) is 26.2 Å². The van der Waals surface area contributed by atoms with Gasteiger partial charge in [-0.15, -0.1) is 0 Å². The normalized spacial score (nSPS) is 24.6. The topological polar surface area (TPSA) is 64.4 Å². The Labute approximate surface area is 85.1 Å². The molecule has 1 atom stereocenters. The van der Waals surface area contributed by atoms with Crippen molar-refractivity contribution in [2.24, 2.45) is 5.92 Å². The summed E-state index contributed by atoms with van der Waals surface area (Å²) in [7, 11) is -3.27. The molecule has 0 aromatic rings. The van der Waals surface area contributed by atoms with Crippen molar-refractivity contribution in [3.8, 4) is 6.07 Å². The maximum Gasteiger partial charge on any atom is 0.282 e. The minimum atomic E-state index is -3.27. The van der Waals surface area contributed by atoms with Crippen LogP contribution >= 0.6 is 0 Å². The zero-order valence-corrected chi connectivity index (χ0v) is 9.29. The molecule has 1 heterocycles. The van der Waals surface area contributed by atoms with E-state index in [-0.39, 0.29) is 5.92 Å². The Morgan fingerprint density at radius 2 is 2.00 bits per heavy atom. The molecule has 1 fully saturated rings. The third-order valence-electron chi connectivity index (χ3n) is 2.30. The summed E-state index contributed by atoms with van der Waals surface area (Å²) in [6, 6.07) is 2.04. The van der Waals surface area contributed by atoms with E-state index in [1.54, 1.807) is 6.92 Å². The van der Waals surface area contributed by atoms with Gasteiger partial charge in [-0.25, -0.2) is 0 Å². The number of rotatable bonds is 3. The minimum absolute atomic E-state index is 0.249. The molecule has 80 valence electrons. The Morgan fingerprint density at radius 3 is 2.43 bits per heavy atom. The van der Waals surface area contributed by atoms with Gasteiger partial charge in [0.15, 0.2) is 0 Å². The zero-order chi connectivity index (χ0) is 10.8. The van der Waals surface area contributed by atoms with Gasteiger partial charge in [-0.05, 0) is 6.92 Å². The first-order valence-electron chi connectivity index (χ1n) is 4.67. The molecular weight excluding hydrogens is 202 g/mol. The molecule has 5 nitrogen and oxygen atoms in total. The van der Waals surface area contributed by atoms with E-state index in [4.69, 9.17) is 5.26 Å². The first-order valence-corrected chi connectivity index (χ1v) is 6.07. The molecule has 0 amide bonds. The van der Waals surface area contributed by atoms with Gasteiger partial charge < -0.3 is 0 Å². The molecule has 0 N–H and O–H groups in total. The van der Waals surface area contributed by atoms with Gasteiger partial charge in [-0.2, -0.15) is 22.3 Å². The van der Waals surface area contributed by atoms with E-state index in [1.165, 1.54) is 8.61 Å². The van der Waals surface area contributed by atoms with Gasteiger partial charge in [0.1, 0.15) is 0 Å². The first kappa shape index (κ1) is 11.4. The summed E-state index contributed by atoms with van der Waals surface area (Å²) in [5.74, 6) is -0.249. The molecule has 0 aliphatic carbocycles. The molecule has 14 heavy (non-hydrogen) atoms. The summed E-state index contributed by atoms with van der Waals surface area (Å²) < 4.78 is 26.2. The Morgan fingerprint density at radius 1 is 1.43 bits per heavy atom. The van der Waals surface area contributed by atoms with Gasteiger partial charge in [-0.1, -0.05) is 6.92 Å². The molecular formula is C8H15N3O2S. The van der Waals surface area contributed by atoms with Crippen LogP contribution in [0.5, 0.6) is 0 Å². The summed E-state index contributed by atoms with van der Waals surface area (Å²) in [5, 5.41) is 8.60. The number of likely N-dealkylation sites (N-methyl/N-ethyl adjacent to an activating group) is 1. The number of nitrogens with zero attached hydrogens (tertiary/aromatic N) is 3. The van der Waals surface area contributed by atoms with Crippen LogP contribution in [0, 0.1) is 17.2 Å². The van der Waals surface area contributed by atoms with Gasteiger partial charge in [0, 0.05) is 26.2 Å². The second-order valence-electron chi connectivity index (χ2n) is 3.39. The molecule has 1 aliphatic heterocycles. The fraction of sp³-hybridized carbons (Fsp3) is 0.875. The van der Waals surface area contributed by atoms with Gasteiger partial charge in [0.05, 0.1) is 12.0 Å². The molecule has 0 radical (unpaired) electrons. The van der Waals surface area contributed by atoms with Crippen molar-refractivity contribution in [1.82, 2.24) is 8.61 Å².